The number of aromatic nitrogens is 1. The van der Waals surface area contributed by atoms with Gasteiger partial charge in [0.15, 0.2) is 0 Å². The van der Waals surface area contributed by atoms with E-state index in [-0.39, 0.29) is 16.0 Å². The fraction of sp³-hybridized carbons (Fsp3) is 0. The highest BCUT2D eigenvalue weighted by Crippen LogP contribution is 2.31. The van der Waals surface area contributed by atoms with Crippen molar-refractivity contribution < 1.29 is 18.0 Å². The molecule has 1 aliphatic heterocycles. The molecular weight excluding hydrogens is 422 g/mol. The van der Waals surface area contributed by atoms with E-state index in [4.69, 9.17) is 0 Å². The number of hydrogen-bond acceptors (Lipinski definition) is 6. The van der Waals surface area contributed by atoms with Crippen LogP contribution in [0.2, 0.25) is 0 Å². The van der Waals surface area contributed by atoms with Gasteiger partial charge in [0.1, 0.15) is 5.01 Å². The quantitative estimate of drug-likeness (QED) is 0.476. The second-order valence-electron chi connectivity index (χ2n) is 6.66. The molecule has 0 fully saturated rings. The van der Waals surface area contributed by atoms with Crippen LogP contribution in [0.5, 0.6) is 0 Å². The lowest BCUT2D eigenvalue weighted by atomic mass is 10.1. The van der Waals surface area contributed by atoms with Gasteiger partial charge < -0.3 is 0 Å². The minimum Gasteiger partial charge on any atom is -0.288 e. The summed E-state index contributed by atoms with van der Waals surface area (Å²) in [7, 11) is -3.96. The second-order valence-corrected chi connectivity index (χ2v) is 9.38. The van der Waals surface area contributed by atoms with Gasteiger partial charge in [0.25, 0.3) is 21.8 Å². The number of nitrogens with zero attached hydrogens (tertiary/aromatic N) is 1. The molecule has 0 saturated heterocycles. The van der Waals surface area contributed by atoms with Gasteiger partial charge in [-0.05, 0) is 42.5 Å². The number of benzene rings is 3. The Morgan fingerprint density at radius 1 is 0.867 bits per heavy atom. The number of sulfonamides is 1. The van der Waals surface area contributed by atoms with E-state index in [0.29, 0.717) is 5.69 Å². The average Bonchev–Trinajstić information content (AvgIpc) is 3.29. The van der Waals surface area contributed by atoms with Crippen molar-refractivity contribution in [3.8, 4) is 10.6 Å². The first-order valence-corrected chi connectivity index (χ1v) is 11.2. The molecule has 9 heteroatoms. The number of rotatable bonds is 4. The van der Waals surface area contributed by atoms with E-state index < -0.39 is 21.8 Å². The van der Waals surface area contributed by atoms with E-state index in [1.165, 1.54) is 29.5 Å². The van der Waals surface area contributed by atoms with Crippen LogP contribution in [0.25, 0.3) is 20.8 Å². The Hall–Kier alpha value is -3.56. The van der Waals surface area contributed by atoms with E-state index in [1.54, 1.807) is 18.2 Å². The molecule has 4 aromatic rings. The molecule has 3 aromatic carbocycles. The Morgan fingerprint density at radius 2 is 1.67 bits per heavy atom. The molecule has 0 spiro atoms. The molecule has 5 rings (SSSR count). The number of para-hydroxylation sites is 1. The number of hydrogen-bond donors (Lipinski definition) is 2. The maximum absolute atomic E-state index is 12.8. The monoisotopic (exact) mass is 435 g/mol. The summed E-state index contributed by atoms with van der Waals surface area (Å²) in [5, 5.41) is 2.93. The van der Waals surface area contributed by atoms with E-state index >= 15 is 0 Å². The summed E-state index contributed by atoms with van der Waals surface area (Å²) in [6, 6.07) is 18.6. The zero-order valence-electron chi connectivity index (χ0n) is 15.2. The largest absolute Gasteiger partial charge is 0.288 e. The van der Waals surface area contributed by atoms with Crippen LogP contribution in [-0.4, -0.2) is 25.2 Å². The van der Waals surface area contributed by atoms with Crippen LogP contribution in [0.1, 0.15) is 20.7 Å². The number of nitrogens with one attached hydrogen (secondary N) is 2. The van der Waals surface area contributed by atoms with Gasteiger partial charge in [-0.15, -0.1) is 11.3 Å². The van der Waals surface area contributed by atoms with Gasteiger partial charge in [-0.3, -0.25) is 19.6 Å². The number of amides is 2. The van der Waals surface area contributed by atoms with Crippen molar-refractivity contribution >= 4 is 49.1 Å². The van der Waals surface area contributed by atoms with Crippen molar-refractivity contribution in [2.45, 2.75) is 4.90 Å². The second kappa shape index (κ2) is 6.75. The summed E-state index contributed by atoms with van der Waals surface area (Å²) >= 11 is 1.52. The molecule has 2 heterocycles. The number of fused-ring (bicyclic) bond motifs is 2. The third-order valence-electron chi connectivity index (χ3n) is 4.67. The Bertz CT molecular complexity index is 1430. The van der Waals surface area contributed by atoms with Gasteiger partial charge in [-0.25, -0.2) is 13.4 Å². The molecule has 2 amide bonds. The van der Waals surface area contributed by atoms with Crippen molar-refractivity contribution in [2.24, 2.45) is 0 Å². The fourth-order valence-electron chi connectivity index (χ4n) is 3.24. The van der Waals surface area contributed by atoms with Crippen LogP contribution >= 0.6 is 11.3 Å². The van der Waals surface area contributed by atoms with E-state index in [1.807, 2.05) is 30.3 Å². The van der Waals surface area contributed by atoms with Crippen molar-refractivity contribution in [3.63, 3.8) is 0 Å². The van der Waals surface area contributed by atoms with Gasteiger partial charge >= 0.3 is 0 Å². The van der Waals surface area contributed by atoms with Gasteiger partial charge in [0, 0.05) is 11.3 Å². The summed E-state index contributed by atoms with van der Waals surface area (Å²) in [5.74, 6) is -1.14. The summed E-state index contributed by atoms with van der Waals surface area (Å²) in [5.41, 5.74) is 2.25. The molecule has 0 unspecified atom stereocenters. The number of thiazole rings is 1. The highest BCUT2D eigenvalue weighted by molar-refractivity contribution is 7.92. The molecule has 0 atom stereocenters. The topological polar surface area (TPSA) is 105 Å². The maximum Gasteiger partial charge on any atom is 0.261 e. The molecule has 0 radical (unpaired) electrons. The number of carbonyl (C=O) groups is 2. The first-order chi connectivity index (χ1) is 14.4. The Kier molecular flexibility index (Phi) is 4.16. The van der Waals surface area contributed by atoms with Crippen molar-refractivity contribution in [3.05, 3.63) is 77.9 Å². The van der Waals surface area contributed by atoms with E-state index in [9.17, 15) is 18.0 Å². The average molecular weight is 435 g/mol. The third-order valence-corrected chi connectivity index (χ3v) is 7.14. The molecule has 2 N–H and O–H groups in total. The molecule has 0 bridgehead atoms. The van der Waals surface area contributed by atoms with Crippen molar-refractivity contribution in [2.75, 3.05) is 4.72 Å². The van der Waals surface area contributed by atoms with Gasteiger partial charge in [0.05, 0.1) is 26.2 Å². The van der Waals surface area contributed by atoms with Crippen molar-refractivity contribution in [1.29, 1.82) is 0 Å². The predicted molar refractivity (Wildman–Crippen MR) is 114 cm³/mol. The number of carbonyl (C=O) groups excluding carboxylic acids is 2. The van der Waals surface area contributed by atoms with E-state index in [0.717, 1.165) is 20.8 Å². The molecule has 1 aromatic heterocycles. The molecule has 1 aliphatic rings. The summed E-state index contributed by atoms with van der Waals surface area (Å²) < 4.78 is 29.2. The highest BCUT2D eigenvalue weighted by Gasteiger charge is 2.28. The number of anilines is 1. The fourth-order valence-corrected chi connectivity index (χ4v) is 5.28. The molecule has 148 valence electrons. The Balaban J connectivity index is 1.47. The molecular formula is C21H13N3O4S2. The predicted octanol–water partition coefficient (Wildman–Crippen LogP) is 3.65. The Morgan fingerprint density at radius 3 is 2.50 bits per heavy atom. The SMILES string of the molecule is O=C1NC(=O)c2cc(S(=O)(=O)Nc3cccc(-c4nc5ccccc5s4)c3)ccc21. The third kappa shape index (κ3) is 3.14. The van der Waals surface area contributed by atoms with Gasteiger partial charge in [-0.1, -0.05) is 24.3 Å². The van der Waals surface area contributed by atoms with E-state index in [2.05, 4.69) is 15.0 Å². The van der Waals surface area contributed by atoms with Crippen LogP contribution in [0.15, 0.2) is 71.6 Å². The molecule has 7 nitrogen and oxygen atoms in total. The first-order valence-electron chi connectivity index (χ1n) is 8.89. The summed E-state index contributed by atoms with van der Waals surface area (Å²) in [6.45, 7) is 0. The molecule has 0 aliphatic carbocycles. The minimum atomic E-state index is -3.96. The summed E-state index contributed by atoms with van der Waals surface area (Å²) in [6.07, 6.45) is 0. The van der Waals surface area contributed by atoms with Crippen LogP contribution in [0.3, 0.4) is 0 Å². The standard InChI is InChI=1S/C21H13N3O4S2/c25-19-15-9-8-14(11-16(15)20(26)23-19)30(27,28)24-13-5-3-4-12(10-13)21-22-17-6-1-2-7-18(17)29-21/h1-11,24H,(H,23,25,26). The van der Waals surface area contributed by atoms with Crippen molar-refractivity contribution in [1.82, 2.24) is 10.3 Å². The zero-order chi connectivity index (χ0) is 20.9. The van der Waals surface area contributed by atoms with Gasteiger partial charge in [0.2, 0.25) is 0 Å². The molecule has 30 heavy (non-hydrogen) atoms. The minimum absolute atomic E-state index is 0.0473. The van der Waals surface area contributed by atoms with Gasteiger partial charge in [-0.2, -0.15) is 0 Å². The normalized spacial score (nSPS) is 13.3. The van der Waals surface area contributed by atoms with Crippen LogP contribution in [-0.2, 0) is 10.0 Å². The van der Waals surface area contributed by atoms with Crippen LogP contribution in [0.4, 0.5) is 5.69 Å². The molecule has 0 saturated carbocycles. The summed E-state index contributed by atoms with van der Waals surface area (Å²) in [4.78, 5) is 28.0. The zero-order valence-corrected chi connectivity index (χ0v) is 16.9. The smallest absolute Gasteiger partial charge is 0.261 e. The van der Waals surface area contributed by atoms with Crippen LogP contribution < -0.4 is 10.0 Å². The maximum atomic E-state index is 12.8. The first kappa shape index (κ1) is 18.5. The lowest BCUT2D eigenvalue weighted by Crippen LogP contribution is -2.19. The lowest BCUT2D eigenvalue weighted by Gasteiger charge is -2.09. The highest BCUT2D eigenvalue weighted by atomic mass is 32.2. The Labute approximate surface area is 175 Å². The lowest BCUT2D eigenvalue weighted by molar-refractivity contribution is 0.0879. The van der Waals surface area contributed by atoms with Crippen LogP contribution in [0, 0.1) is 0 Å². The number of imide groups is 1.